The molecule has 0 saturated heterocycles. The van der Waals surface area contributed by atoms with Crippen LogP contribution in [-0.2, 0) is 6.54 Å². The van der Waals surface area contributed by atoms with Gasteiger partial charge in [0.25, 0.3) is 0 Å². The van der Waals surface area contributed by atoms with Gasteiger partial charge < -0.3 is 10.3 Å². The summed E-state index contributed by atoms with van der Waals surface area (Å²) in [5.74, 6) is 0. The normalized spacial score (nSPS) is 11.5. The Labute approximate surface area is 87.2 Å². The second kappa shape index (κ2) is 3.55. The quantitative estimate of drug-likeness (QED) is 0.812. The summed E-state index contributed by atoms with van der Waals surface area (Å²) in [5.41, 5.74) is 7.08. The zero-order chi connectivity index (χ0) is 11.0. The van der Waals surface area contributed by atoms with Crippen LogP contribution in [0, 0.1) is 0 Å². The minimum Gasteiger partial charge on any atom is -0.335 e. The molecule has 1 heterocycles. The molecule has 0 saturated carbocycles. The van der Waals surface area contributed by atoms with Crippen LogP contribution >= 0.6 is 0 Å². The Balaban J connectivity index is 2.77. The van der Waals surface area contributed by atoms with E-state index in [0.717, 1.165) is 11.1 Å². The van der Waals surface area contributed by atoms with E-state index in [1.54, 1.807) is 10.8 Å². The fourth-order valence-corrected chi connectivity index (χ4v) is 1.63. The van der Waals surface area contributed by atoms with Crippen LogP contribution in [-0.4, -0.2) is 4.74 Å². The molecule has 0 aliphatic carbocycles. The van der Waals surface area contributed by atoms with Crippen molar-refractivity contribution in [3.05, 3.63) is 34.2 Å². The summed E-state index contributed by atoms with van der Waals surface area (Å²) in [4.78, 5) is 11.5. The van der Waals surface area contributed by atoms with Gasteiger partial charge in [-0.2, -0.15) is 0 Å². The van der Waals surface area contributed by atoms with Crippen molar-refractivity contribution in [2.45, 2.75) is 26.4 Å². The number of fused-ring (bicyclic) bond motifs is 1. The molecule has 1 aromatic heterocycles. The summed E-state index contributed by atoms with van der Waals surface area (Å²) in [7, 11) is 0. The lowest BCUT2D eigenvalue weighted by Gasteiger charge is -2.05. The number of nitrogens with zero attached hydrogens (tertiary/aromatic N) is 1. The van der Waals surface area contributed by atoms with Gasteiger partial charge in [0.1, 0.15) is 0 Å². The molecule has 15 heavy (non-hydrogen) atoms. The largest absolute Gasteiger partial charge is 0.365 e. The predicted octanol–water partition coefficient (Wildman–Crippen LogP) is 1.63. The van der Waals surface area contributed by atoms with Crippen molar-refractivity contribution in [2.24, 2.45) is 5.73 Å². The van der Waals surface area contributed by atoms with Gasteiger partial charge in [-0.15, -0.1) is 0 Å². The summed E-state index contributed by atoms with van der Waals surface area (Å²) in [6, 6.07) is 5.65. The van der Waals surface area contributed by atoms with E-state index in [4.69, 9.17) is 10.3 Å². The van der Waals surface area contributed by atoms with Gasteiger partial charge >= 0.3 is 5.63 Å². The molecule has 0 aliphatic heterocycles. The first-order valence-electron chi connectivity index (χ1n) is 4.98. The molecule has 80 valence electrons. The van der Waals surface area contributed by atoms with E-state index in [2.05, 4.69) is 0 Å². The molecule has 1 aromatic carbocycles. The zero-order valence-corrected chi connectivity index (χ0v) is 8.86. The highest BCUT2D eigenvalue weighted by Crippen LogP contribution is 2.17. The fourth-order valence-electron chi connectivity index (χ4n) is 1.63. The Bertz CT molecular complexity index is 537. The van der Waals surface area contributed by atoms with Crippen molar-refractivity contribution < 1.29 is 4.52 Å². The Morgan fingerprint density at radius 2 is 2.20 bits per heavy atom. The van der Waals surface area contributed by atoms with Gasteiger partial charge in [-0.25, -0.2) is 9.53 Å². The Hall–Kier alpha value is -1.55. The van der Waals surface area contributed by atoms with Gasteiger partial charge in [-0.3, -0.25) is 0 Å². The Morgan fingerprint density at radius 3 is 2.80 bits per heavy atom. The monoisotopic (exact) mass is 206 g/mol. The van der Waals surface area contributed by atoms with E-state index in [1.165, 1.54) is 0 Å². The maximum Gasteiger partial charge on any atom is 0.365 e. The van der Waals surface area contributed by atoms with Gasteiger partial charge in [0.15, 0.2) is 0 Å². The fraction of sp³-hybridized carbons (Fsp3) is 0.364. The molecule has 0 aliphatic rings. The highest BCUT2D eigenvalue weighted by atomic mass is 16.5. The van der Waals surface area contributed by atoms with Crippen molar-refractivity contribution in [3.8, 4) is 0 Å². The number of aromatic nitrogens is 1. The first-order valence-corrected chi connectivity index (χ1v) is 4.98. The van der Waals surface area contributed by atoms with E-state index in [0.29, 0.717) is 11.9 Å². The molecular formula is C11H14N2O2. The van der Waals surface area contributed by atoms with Crippen molar-refractivity contribution in [1.29, 1.82) is 0 Å². The molecule has 2 rings (SSSR count). The highest BCUT2D eigenvalue weighted by Gasteiger charge is 2.11. The van der Waals surface area contributed by atoms with Crippen LogP contribution in [0.3, 0.4) is 0 Å². The third-order valence-corrected chi connectivity index (χ3v) is 2.41. The average Bonchev–Trinajstić information content (AvgIpc) is 2.56. The average molecular weight is 206 g/mol. The summed E-state index contributed by atoms with van der Waals surface area (Å²) >= 11 is 0. The van der Waals surface area contributed by atoms with Crippen molar-refractivity contribution in [1.82, 2.24) is 4.74 Å². The van der Waals surface area contributed by atoms with E-state index < -0.39 is 0 Å². The second-order valence-electron chi connectivity index (χ2n) is 3.85. The third-order valence-electron chi connectivity index (χ3n) is 2.41. The SMILES string of the molecule is CC(C)n1oc(=O)c2ccc(CN)cc21. The molecular weight excluding hydrogens is 192 g/mol. The van der Waals surface area contributed by atoms with E-state index in [9.17, 15) is 4.79 Å². The maximum absolute atomic E-state index is 11.5. The van der Waals surface area contributed by atoms with E-state index in [-0.39, 0.29) is 11.7 Å². The number of benzene rings is 1. The van der Waals surface area contributed by atoms with Crippen molar-refractivity contribution >= 4 is 10.9 Å². The summed E-state index contributed by atoms with van der Waals surface area (Å²) < 4.78 is 6.77. The van der Waals surface area contributed by atoms with Crippen molar-refractivity contribution in [3.63, 3.8) is 0 Å². The van der Waals surface area contributed by atoms with E-state index in [1.807, 2.05) is 26.0 Å². The first-order chi connectivity index (χ1) is 7.13. The van der Waals surface area contributed by atoms with Crippen LogP contribution in [0.2, 0.25) is 0 Å². The molecule has 0 spiro atoms. The molecule has 2 N–H and O–H groups in total. The van der Waals surface area contributed by atoms with Gasteiger partial charge in [-0.1, -0.05) is 6.07 Å². The third kappa shape index (κ3) is 1.57. The summed E-state index contributed by atoms with van der Waals surface area (Å²) in [5, 5.41) is 0.612. The molecule has 4 heteroatoms. The summed E-state index contributed by atoms with van der Waals surface area (Å²) in [6.45, 7) is 4.41. The Kier molecular flexibility index (Phi) is 2.36. The molecule has 0 unspecified atom stereocenters. The summed E-state index contributed by atoms with van der Waals surface area (Å²) in [6.07, 6.45) is 0. The number of hydrogen-bond donors (Lipinski definition) is 1. The first kappa shape index (κ1) is 9.98. The molecule has 4 nitrogen and oxygen atoms in total. The molecule has 2 aromatic rings. The number of hydrogen-bond acceptors (Lipinski definition) is 3. The maximum atomic E-state index is 11.5. The van der Waals surface area contributed by atoms with Crippen LogP contribution < -0.4 is 11.4 Å². The number of nitrogens with two attached hydrogens (primary N) is 1. The smallest absolute Gasteiger partial charge is 0.335 e. The van der Waals surface area contributed by atoms with Crippen LogP contribution in [0.1, 0.15) is 25.5 Å². The van der Waals surface area contributed by atoms with Crippen LogP contribution in [0.4, 0.5) is 0 Å². The molecule has 0 bridgehead atoms. The molecule has 0 amide bonds. The van der Waals surface area contributed by atoms with Gasteiger partial charge in [0.2, 0.25) is 0 Å². The van der Waals surface area contributed by atoms with Gasteiger partial charge in [0, 0.05) is 6.54 Å². The zero-order valence-electron chi connectivity index (χ0n) is 8.86. The number of rotatable bonds is 2. The van der Waals surface area contributed by atoms with Crippen LogP contribution in [0.25, 0.3) is 10.9 Å². The minimum atomic E-state index is -0.290. The lowest BCUT2D eigenvalue weighted by Crippen LogP contribution is -2.00. The molecule has 0 radical (unpaired) electrons. The topological polar surface area (TPSA) is 61.2 Å². The molecule has 0 atom stereocenters. The van der Waals surface area contributed by atoms with E-state index >= 15 is 0 Å². The van der Waals surface area contributed by atoms with Gasteiger partial charge in [0.05, 0.1) is 16.9 Å². The molecule has 0 fully saturated rings. The van der Waals surface area contributed by atoms with Crippen molar-refractivity contribution in [2.75, 3.05) is 0 Å². The predicted molar refractivity (Wildman–Crippen MR) is 58.8 cm³/mol. The lowest BCUT2D eigenvalue weighted by molar-refractivity contribution is 0.234. The standard InChI is InChI=1S/C11H14N2O2/c1-7(2)13-10-5-8(6-12)3-4-9(10)11(14)15-13/h3-5,7H,6,12H2,1-2H3. The lowest BCUT2D eigenvalue weighted by atomic mass is 10.1. The van der Waals surface area contributed by atoms with Crippen LogP contribution in [0.5, 0.6) is 0 Å². The second-order valence-corrected chi connectivity index (χ2v) is 3.85. The highest BCUT2D eigenvalue weighted by molar-refractivity contribution is 5.78. The van der Waals surface area contributed by atoms with Crippen LogP contribution in [0.15, 0.2) is 27.5 Å². The minimum absolute atomic E-state index is 0.128. The Morgan fingerprint density at radius 1 is 1.47 bits per heavy atom. The van der Waals surface area contributed by atoms with Gasteiger partial charge in [-0.05, 0) is 31.5 Å².